The zero-order chi connectivity index (χ0) is 43.8. The van der Waals surface area contributed by atoms with Crippen LogP contribution in [-0.2, 0) is 0 Å². The molecule has 0 bridgehead atoms. The smallest absolute Gasteiger partial charge is 0.0547 e. The summed E-state index contributed by atoms with van der Waals surface area (Å²) < 4.78 is 2.42. The number of benzene rings is 11. The molecule has 0 aliphatic heterocycles. The lowest BCUT2D eigenvalue weighted by atomic mass is 9.95. The van der Waals surface area contributed by atoms with Gasteiger partial charge in [0.05, 0.1) is 11.0 Å². The summed E-state index contributed by atoms with van der Waals surface area (Å²) in [5.74, 6) is 0. The van der Waals surface area contributed by atoms with Gasteiger partial charge in [0.25, 0.3) is 0 Å². The molecule has 0 aliphatic carbocycles. The Morgan fingerprint density at radius 1 is 0.258 bits per heavy atom. The number of nitrogens with zero attached hydrogens (tertiary/aromatic N) is 2. The molecule has 12 rings (SSSR count). The van der Waals surface area contributed by atoms with E-state index in [0.29, 0.717) is 0 Å². The first kappa shape index (κ1) is 38.9. The zero-order valence-corrected chi connectivity index (χ0v) is 36.3. The van der Waals surface area contributed by atoms with Gasteiger partial charge in [-0.3, -0.25) is 0 Å². The zero-order valence-electron chi connectivity index (χ0n) is 36.3. The highest BCUT2D eigenvalue weighted by molar-refractivity contribution is 6.16. The summed E-state index contributed by atoms with van der Waals surface area (Å²) in [6, 6.07) is 96.8. The maximum atomic E-state index is 2.42. The van der Waals surface area contributed by atoms with Gasteiger partial charge >= 0.3 is 0 Å². The van der Waals surface area contributed by atoms with Gasteiger partial charge in [-0.1, -0.05) is 200 Å². The van der Waals surface area contributed by atoms with Crippen LogP contribution in [0.3, 0.4) is 0 Å². The van der Waals surface area contributed by atoms with Gasteiger partial charge in [-0.2, -0.15) is 0 Å². The third-order valence-corrected chi connectivity index (χ3v) is 13.0. The number of rotatable bonds is 9. The number of para-hydroxylation sites is 1. The standard InChI is InChI=1S/C64H44N2/c1-3-14-45(15-4-1)48-28-30-49(31-29-48)51-34-39-57(40-35-51)65(56-37-32-50(33-38-56)46-16-5-2-6-17-46)58-23-12-21-54(44-58)52-20-11-22-55(42-52)60-25-13-27-63-64(60)61-24-9-10-26-62(61)66(63)59-41-36-47-18-7-8-19-53(47)43-59/h1-44H. The Morgan fingerprint density at radius 2 is 0.727 bits per heavy atom. The van der Waals surface area contributed by atoms with Crippen LogP contribution in [0.1, 0.15) is 0 Å². The van der Waals surface area contributed by atoms with Gasteiger partial charge in [-0.25, -0.2) is 0 Å². The second-order valence-corrected chi connectivity index (χ2v) is 17.0. The Hall–Kier alpha value is -8.72. The van der Waals surface area contributed by atoms with Crippen LogP contribution in [-0.4, -0.2) is 4.57 Å². The highest BCUT2D eigenvalue weighted by Crippen LogP contribution is 2.42. The molecule has 0 saturated heterocycles. The lowest BCUT2D eigenvalue weighted by Gasteiger charge is -2.26. The van der Waals surface area contributed by atoms with Gasteiger partial charge in [0.15, 0.2) is 0 Å². The minimum Gasteiger partial charge on any atom is -0.310 e. The number of anilines is 3. The van der Waals surface area contributed by atoms with Crippen molar-refractivity contribution in [2.24, 2.45) is 0 Å². The highest BCUT2D eigenvalue weighted by Gasteiger charge is 2.18. The van der Waals surface area contributed by atoms with Crippen molar-refractivity contribution in [3.63, 3.8) is 0 Å². The van der Waals surface area contributed by atoms with Crippen molar-refractivity contribution in [1.29, 1.82) is 0 Å². The molecule has 0 amide bonds. The van der Waals surface area contributed by atoms with E-state index in [0.717, 1.165) is 28.3 Å². The van der Waals surface area contributed by atoms with E-state index in [1.54, 1.807) is 0 Å². The predicted octanol–water partition coefficient (Wildman–Crippen LogP) is 17.7. The Balaban J connectivity index is 0.925. The fraction of sp³-hybridized carbons (Fsp3) is 0. The Kier molecular flexibility index (Phi) is 9.89. The Labute approximate surface area is 385 Å². The number of aromatic nitrogens is 1. The largest absolute Gasteiger partial charge is 0.310 e. The topological polar surface area (TPSA) is 8.17 Å². The van der Waals surface area contributed by atoms with E-state index in [4.69, 9.17) is 0 Å². The van der Waals surface area contributed by atoms with E-state index in [9.17, 15) is 0 Å². The molecule has 66 heavy (non-hydrogen) atoms. The summed E-state index contributed by atoms with van der Waals surface area (Å²) in [7, 11) is 0. The lowest BCUT2D eigenvalue weighted by Crippen LogP contribution is -2.10. The van der Waals surface area contributed by atoms with Crippen molar-refractivity contribution in [2.45, 2.75) is 0 Å². The molecule has 0 atom stereocenters. The van der Waals surface area contributed by atoms with Crippen molar-refractivity contribution >= 4 is 49.6 Å². The molecule has 0 fully saturated rings. The van der Waals surface area contributed by atoms with Crippen LogP contribution < -0.4 is 4.90 Å². The van der Waals surface area contributed by atoms with Gasteiger partial charge in [-0.15, -0.1) is 0 Å². The fourth-order valence-corrected chi connectivity index (χ4v) is 9.71. The summed E-state index contributed by atoms with van der Waals surface area (Å²) in [5, 5.41) is 4.98. The van der Waals surface area contributed by atoms with Crippen LogP contribution in [0, 0.1) is 0 Å². The normalized spacial score (nSPS) is 11.3. The highest BCUT2D eigenvalue weighted by atomic mass is 15.1. The van der Waals surface area contributed by atoms with Gasteiger partial charge in [0.2, 0.25) is 0 Å². The minimum atomic E-state index is 1.09. The minimum absolute atomic E-state index is 1.09. The molecule has 0 saturated carbocycles. The first-order chi connectivity index (χ1) is 32.7. The van der Waals surface area contributed by atoms with Crippen molar-refractivity contribution in [3.05, 3.63) is 267 Å². The maximum absolute atomic E-state index is 2.42. The Morgan fingerprint density at radius 3 is 1.38 bits per heavy atom. The molecule has 11 aromatic carbocycles. The molecule has 0 unspecified atom stereocenters. The molecule has 0 spiro atoms. The van der Waals surface area contributed by atoms with Crippen molar-refractivity contribution < 1.29 is 0 Å². The molecular formula is C64H44N2. The summed E-state index contributed by atoms with van der Waals surface area (Å²) in [4.78, 5) is 2.37. The van der Waals surface area contributed by atoms with E-state index in [1.807, 2.05) is 0 Å². The van der Waals surface area contributed by atoms with Crippen LogP contribution in [0.25, 0.3) is 93.9 Å². The average Bonchev–Trinajstić information content (AvgIpc) is 3.74. The van der Waals surface area contributed by atoms with Crippen molar-refractivity contribution in [2.75, 3.05) is 4.90 Å². The molecule has 1 aromatic heterocycles. The molecule has 0 radical (unpaired) electrons. The molecular weight excluding hydrogens is 797 g/mol. The molecule has 12 aromatic rings. The van der Waals surface area contributed by atoms with Crippen molar-refractivity contribution in [3.8, 4) is 61.3 Å². The fourth-order valence-electron chi connectivity index (χ4n) is 9.71. The van der Waals surface area contributed by atoms with E-state index >= 15 is 0 Å². The second kappa shape index (κ2) is 16.8. The predicted molar refractivity (Wildman–Crippen MR) is 280 cm³/mol. The van der Waals surface area contributed by atoms with Crippen molar-refractivity contribution in [1.82, 2.24) is 4.57 Å². The molecule has 0 aliphatic rings. The molecule has 2 heteroatoms. The third-order valence-electron chi connectivity index (χ3n) is 13.0. The van der Waals surface area contributed by atoms with Gasteiger partial charge < -0.3 is 9.47 Å². The van der Waals surface area contributed by atoms with Crippen LogP contribution in [0.5, 0.6) is 0 Å². The molecule has 1 heterocycles. The van der Waals surface area contributed by atoms with Gasteiger partial charge in [0.1, 0.15) is 0 Å². The molecule has 2 nitrogen and oxygen atoms in total. The van der Waals surface area contributed by atoms with Crippen LogP contribution >= 0.6 is 0 Å². The maximum Gasteiger partial charge on any atom is 0.0547 e. The van der Waals surface area contributed by atoms with E-state index in [1.165, 1.54) is 82.6 Å². The van der Waals surface area contributed by atoms with E-state index in [-0.39, 0.29) is 0 Å². The van der Waals surface area contributed by atoms with Gasteiger partial charge in [0, 0.05) is 33.5 Å². The molecule has 0 N–H and O–H groups in total. The molecule has 310 valence electrons. The SMILES string of the molecule is c1ccc(-c2ccc(-c3ccc(N(c4ccc(-c5ccccc5)cc4)c4cccc(-c5cccc(-c6cccc7c6c6ccccc6n7-c6ccc7ccccc7c6)c5)c4)cc3)cc2)cc1. The number of hydrogen-bond donors (Lipinski definition) is 0. The summed E-state index contributed by atoms with van der Waals surface area (Å²) in [6.45, 7) is 0. The number of fused-ring (bicyclic) bond motifs is 4. The summed E-state index contributed by atoms with van der Waals surface area (Å²) >= 11 is 0. The van der Waals surface area contributed by atoms with Gasteiger partial charge in [-0.05, 0) is 133 Å². The average molecular weight is 841 g/mol. The van der Waals surface area contributed by atoms with E-state index < -0.39 is 0 Å². The Bertz CT molecular complexity index is 3660. The monoisotopic (exact) mass is 840 g/mol. The summed E-state index contributed by atoms with van der Waals surface area (Å²) in [5.41, 5.74) is 18.8. The van der Waals surface area contributed by atoms with Crippen LogP contribution in [0.2, 0.25) is 0 Å². The quantitative estimate of drug-likeness (QED) is 0.141. The number of hydrogen-bond acceptors (Lipinski definition) is 1. The van der Waals surface area contributed by atoms with Crippen LogP contribution in [0.4, 0.5) is 17.1 Å². The third kappa shape index (κ3) is 7.21. The van der Waals surface area contributed by atoms with Crippen LogP contribution in [0.15, 0.2) is 267 Å². The first-order valence-electron chi connectivity index (χ1n) is 22.7. The first-order valence-corrected chi connectivity index (χ1v) is 22.7. The van der Waals surface area contributed by atoms with E-state index in [2.05, 4.69) is 276 Å². The second-order valence-electron chi connectivity index (χ2n) is 17.0. The summed E-state index contributed by atoms with van der Waals surface area (Å²) in [6.07, 6.45) is 0. The lowest BCUT2D eigenvalue weighted by molar-refractivity contribution is 1.19.